The van der Waals surface area contributed by atoms with Gasteiger partial charge in [0, 0.05) is 32.8 Å². The zero-order valence-electron chi connectivity index (χ0n) is 24.1. The van der Waals surface area contributed by atoms with Crippen LogP contribution in [-0.2, 0) is 22.7 Å². The Hall–Kier alpha value is -4.02. The molecule has 11 heteroatoms. The molecular formula is C29H40N8O3. The number of nitrogens with one attached hydrogen (secondary N) is 1. The fraction of sp³-hybridized carbons (Fsp3) is 0.517. The molecule has 0 aliphatic carbocycles. The number of rotatable bonds is 5. The van der Waals surface area contributed by atoms with Gasteiger partial charge in [0.15, 0.2) is 0 Å². The lowest BCUT2D eigenvalue weighted by atomic mass is 10.0. The minimum absolute atomic E-state index is 0.137. The van der Waals surface area contributed by atoms with Crippen molar-refractivity contribution >= 4 is 17.7 Å². The predicted molar refractivity (Wildman–Crippen MR) is 150 cm³/mol. The van der Waals surface area contributed by atoms with E-state index in [4.69, 9.17) is 0 Å². The minimum Gasteiger partial charge on any atom is -0.344 e. The van der Waals surface area contributed by atoms with E-state index in [1.165, 1.54) is 4.90 Å². The number of aryl methyl sites for hydroxylation is 1. The SMILES string of the molecule is Cc1nc2n(n1)CCN(C(=O)c1cnn(Cc3ccccc3)c1)CCCC(=O)N(C)[C@@H](C)C(=O)N[C@@H]2CC(C)C. The van der Waals surface area contributed by atoms with Gasteiger partial charge in [0.1, 0.15) is 17.7 Å². The Morgan fingerprint density at radius 3 is 2.60 bits per heavy atom. The first-order valence-corrected chi connectivity index (χ1v) is 14.0. The summed E-state index contributed by atoms with van der Waals surface area (Å²) >= 11 is 0. The van der Waals surface area contributed by atoms with Crippen molar-refractivity contribution in [3.05, 3.63) is 65.5 Å². The maximum atomic E-state index is 13.6. The average Bonchev–Trinajstić information content (AvgIpc) is 3.54. The van der Waals surface area contributed by atoms with Crippen LogP contribution in [0.2, 0.25) is 0 Å². The lowest BCUT2D eigenvalue weighted by Gasteiger charge is -2.29. The van der Waals surface area contributed by atoms with Gasteiger partial charge >= 0.3 is 0 Å². The van der Waals surface area contributed by atoms with Gasteiger partial charge in [-0.2, -0.15) is 10.2 Å². The molecule has 2 aromatic heterocycles. The molecule has 1 aliphatic heterocycles. The van der Waals surface area contributed by atoms with E-state index in [0.717, 1.165) is 5.56 Å². The lowest BCUT2D eigenvalue weighted by Crippen LogP contribution is -2.47. The summed E-state index contributed by atoms with van der Waals surface area (Å²) in [5.74, 6) is 1.03. The predicted octanol–water partition coefficient (Wildman–Crippen LogP) is 2.82. The first-order chi connectivity index (χ1) is 19.1. The van der Waals surface area contributed by atoms with Crippen molar-refractivity contribution in [3.63, 3.8) is 0 Å². The van der Waals surface area contributed by atoms with Gasteiger partial charge in [0.05, 0.1) is 30.9 Å². The molecule has 0 saturated carbocycles. The monoisotopic (exact) mass is 548 g/mol. The minimum atomic E-state index is -0.643. The van der Waals surface area contributed by atoms with Crippen molar-refractivity contribution in [1.82, 2.24) is 39.7 Å². The zero-order valence-corrected chi connectivity index (χ0v) is 24.1. The van der Waals surface area contributed by atoms with Crippen LogP contribution in [0.15, 0.2) is 42.7 Å². The molecule has 3 aromatic rings. The number of fused-ring (bicyclic) bond motifs is 1. The highest BCUT2D eigenvalue weighted by molar-refractivity contribution is 5.93. The van der Waals surface area contributed by atoms with Crippen LogP contribution in [0.1, 0.15) is 73.6 Å². The molecule has 3 amide bonds. The van der Waals surface area contributed by atoms with E-state index in [1.54, 1.807) is 40.6 Å². The molecule has 1 N–H and O–H groups in total. The van der Waals surface area contributed by atoms with Gasteiger partial charge in [-0.15, -0.1) is 0 Å². The Morgan fingerprint density at radius 2 is 1.88 bits per heavy atom. The molecule has 214 valence electrons. The van der Waals surface area contributed by atoms with Crippen LogP contribution in [0, 0.1) is 12.8 Å². The molecule has 0 fully saturated rings. The Labute approximate surface area is 235 Å². The molecule has 4 rings (SSSR count). The summed E-state index contributed by atoms with van der Waals surface area (Å²) in [5, 5.41) is 12.1. The van der Waals surface area contributed by atoms with Crippen molar-refractivity contribution in [1.29, 1.82) is 0 Å². The molecule has 0 bridgehead atoms. The highest BCUT2D eigenvalue weighted by Gasteiger charge is 2.29. The van der Waals surface area contributed by atoms with E-state index < -0.39 is 6.04 Å². The fourth-order valence-corrected chi connectivity index (χ4v) is 4.92. The summed E-state index contributed by atoms with van der Waals surface area (Å²) in [5.41, 5.74) is 1.59. The number of likely N-dealkylation sites (N-methyl/N-ethyl adjacent to an activating group) is 1. The van der Waals surface area contributed by atoms with Crippen LogP contribution in [0.4, 0.5) is 0 Å². The summed E-state index contributed by atoms with van der Waals surface area (Å²) < 4.78 is 3.55. The fourth-order valence-electron chi connectivity index (χ4n) is 4.92. The maximum Gasteiger partial charge on any atom is 0.257 e. The van der Waals surface area contributed by atoms with E-state index in [0.29, 0.717) is 56.2 Å². The standard InChI is InChI=1S/C29H40N8O3/c1-20(2)16-25-27-31-22(4)33-37(27)15-14-35(13-9-12-26(38)34(5)21(3)28(39)32-25)29(40)24-17-30-36(19-24)18-23-10-7-6-8-11-23/h6-8,10-11,17,19-21,25H,9,12-16,18H2,1-5H3,(H,32,39)/t21-,25+/m0/s1. The molecule has 3 heterocycles. The molecule has 2 atom stereocenters. The van der Waals surface area contributed by atoms with Crippen LogP contribution < -0.4 is 5.32 Å². The van der Waals surface area contributed by atoms with Gasteiger partial charge in [-0.05, 0) is 38.2 Å². The maximum absolute atomic E-state index is 13.6. The summed E-state index contributed by atoms with van der Waals surface area (Å²) in [6.45, 7) is 9.46. The third-order valence-electron chi connectivity index (χ3n) is 7.25. The number of amides is 3. The van der Waals surface area contributed by atoms with Crippen molar-refractivity contribution < 1.29 is 14.4 Å². The largest absolute Gasteiger partial charge is 0.344 e. The van der Waals surface area contributed by atoms with E-state index in [9.17, 15) is 14.4 Å². The molecule has 0 saturated heterocycles. The average molecular weight is 549 g/mol. The summed E-state index contributed by atoms with van der Waals surface area (Å²) in [7, 11) is 1.65. The number of carbonyl (C=O) groups excluding carboxylic acids is 3. The van der Waals surface area contributed by atoms with Crippen LogP contribution in [0.3, 0.4) is 0 Å². The normalized spacial score (nSPS) is 19.4. The van der Waals surface area contributed by atoms with Crippen LogP contribution in [0.5, 0.6) is 0 Å². The topological polar surface area (TPSA) is 118 Å². The number of benzene rings is 1. The van der Waals surface area contributed by atoms with Gasteiger partial charge in [0.2, 0.25) is 11.8 Å². The molecular weight excluding hydrogens is 508 g/mol. The van der Waals surface area contributed by atoms with Crippen molar-refractivity contribution in [2.75, 3.05) is 20.1 Å². The van der Waals surface area contributed by atoms with E-state index in [2.05, 4.69) is 34.3 Å². The summed E-state index contributed by atoms with van der Waals surface area (Å²) in [4.78, 5) is 47.6. The molecule has 0 spiro atoms. The first-order valence-electron chi connectivity index (χ1n) is 14.0. The van der Waals surface area contributed by atoms with Gasteiger partial charge in [0.25, 0.3) is 5.91 Å². The van der Waals surface area contributed by atoms with Crippen molar-refractivity contribution in [2.24, 2.45) is 5.92 Å². The Morgan fingerprint density at radius 1 is 1.12 bits per heavy atom. The highest BCUT2D eigenvalue weighted by atomic mass is 16.2. The van der Waals surface area contributed by atoms with Gasteiger partial charge < -0.3 is 15.1 Å². The smallest absolute Gasteiger partial charge is 0.257 e. The van der Waals surface area contributed by atoms with Gasteiger partial charge in [-0.1, -0.05) is 44.2 Å². The quantitative estimate of drug-likeness (QED) is 0.524. The number of hydrogen-bond donors (Lipinski definition) is 1. The second-order valence-corrected chi connectivity index (χ2v) is 10.9. The number of aromatic nitrogens is 5. The molecule has 1 aliphatic rings. The number of carbonyl (C=O) groups is 3. The Kier molecular flexibility index (Phi) is 9.34. The lowest BCUT2D eigenvalue weighted by molar-refractivity contribution is -0.138. The van der Waals surface area contributed by atoms with Gasteiger partial charge in [-0.25, -0.2) is 9.67 Å². The van der Waals surface area contributed by atoms with Crippen LogP contribution in [-0.4, -0.2) is 78.2 Å². The third-order valence-corrected chi connectivity index (χ3v) is 7.25. The molecule has 40 heavy (non-hydrogen) atoms. The van der Waals surface area contributed by atoms with Crippen molar-refractivity contribution in [2.45, 2.75) is 72.1 Å². The summed E-state index contributed by atoms with van der Waals surface area (Å²) in [6.07, 6.45) is 4.73. The second-order valence-electron chi connectivity index (χ2n) is 10.9. The Bertz CT molecular complexity index is 1320. The third kappa shape index (κ3) is 7.13. The van der Waals surface area contributed by atoms with Gasteiger partial charge in [-0.3, -0.25) is 19.1 Å². The van der Waals surface area contributed by atoms with Crippen LogP contribution >= 0.6 is 0 Å². The zero-order chi connectivity index (χ0) is 28.8. The first kappa shape index (κ1) is 29.0. The highest BCUT2D eigenvalue weighted by Crippen LogP contribution is 2.21. The molecule has 11 nitrogen and oxygen atoms in total. The molecule has 0 unspecified atom stereocenters. The van der Waals surface area contributed by atoms with Crippen molar-refractivity contribution in [3.8, 4) is 0 Å². The number of hydrogen-bond acceptors (Lipinski definition) is 6. The van der Waals surface area contributed by atoms with E-state index >= 15 is 0 Å². The van der Waals surface area contributed by atoms with Crippen LogP contribution in [0.25, 0.3) is 0 Å². The number of nitrogens with zero attached hydrogens (tertiary/aromatic N) is 7. The molecule has 0 radical (unpaired) electrons. The van der Waals surface area contributed by atoms with E-state index in [1.807, 2.05) is 37.3 Å². The van der Waals surface area contributed by atoms with E-state index in [-0.39, 0.29) is 36.1 Å². The summed E-state index contributed by atoms with van der Waals surface area (Å²) in [6, 6.07) is 8.94. The molecule has 1 aromatic carbocycles. The second kappa shape index (κ2) is 12.9. The Balaban J connectivity index is 1.60.